The van der Waals surface area contributed by atoms with Gasteiger partial charge in [-0.25, -0.2) is 4.39 Å². The molecule has 0 N–H and O–H groups in total. The minimum absolute atomic E-state index is 0.0209. The number of carbonyl (C=O) groups excluding carboxylic acids is 1. The summed E-state index contributed by atoms with van der Waals surface area (Å²) in [5.41, 5.74) is 2.05. The van der Waals surface area contributed by atoms with Crippen molar-refractivity contribution in [3.8, 4) is 5.75 Å². The summed E-state index contributed by atoms with van der Waals surface area (Å²) in [5, 5.41) is 4.14. The zero-order valence-corrected chi connectivity index (χ0v) is 16.3. The molecule has 152 valence electrons. The summed E-state index contributed by atoms with van der Waals surface area (Å²) < 4.78 is 19.4. The van der Waals surface area contributed by atoms with Crippen molar-refractivity contribution in [2.75, 3.05) is 19.7 Å². The number of amides is 1. The van der Waals surface area contributed by atoms with Crippen LogP contribution in [0, 0.1) is 11.7 Å². The summed E-state index contributed by atoms with van der Waals surface area (Å²) in [6, 6.07) is 16.4. The third kappa shape index (κ3) is 4.94. The summed E-state index contributed by atoms with van der Waals surface area (Å²) >= 11 is 0. The Hall–Kier alpha value is -2.89. The Labute approximate surface area is 170 Å². The van der Waals surface area contributed by atoms with Crippen molar-refractivity contribution in [1.82, 2.24) is 4.90 Å². The molecule has 1 amide bonds. The summed E-state index contributed by atoms with van der Waals surface area (Å²) in [4.78, 5) is 20.2. The van der Waals surface area contributed by atoms with Crippen LogP contribution < -0.4 is 4.74 Å². The minimum Gasteiger partial charge on any atom is -0.490 e. The lowest BCUT2D eigenvalue weighted by atomic mass is 9.97. The number of oxime groups is 1. The molecule has 2 unspecified atom stereocenters. The lowest BCUT2D eigenvalue weighted by Crippen LogP contribution is -2.46. The number of nitrogens with zero attached hydrogens (tertiary/aromatic N) is 2. The van der Waals surface area contributed by atoms with Crippen molar-refractivity contribution in [3.05, 3.63) is 66.0 Å². The number of hydrogen-bond donors (Lipinski definition) is 0. The predicted molar refractivity (Wildman–Crippen MR) is 108 cm³/mol. The molecule has 1 saturated heterocycles. The number of carbonyl (C=O) groups is 1. The second kappa shape index (κ2) is 9.07. The molecule has 0 radical (unpaired) electrons. The zero-order valence-electron chi connectivity index (χ0n) is 16.3. The maximum atomic E-state index is 13.7. The SMILES string of the molecule is O=C(C1CC(Cc2ccccc2)=NO1)N1CCCC(COc2ccccc2F)C1. The van der Waals surface area contributed by atoms with Crippen LogP contribution in [0.5, 0.6) is 5.75 Å². The van der Waals surface area contributed by atoms with Gasteiger partial charge in [-0.3, -0.25) is 4.79 Å². The average molecular weight is 396 g/mol. The van der Waals surface area contributed by atoms with Gasteiger partial charge in [-0.1, -0.05) is 47.6 Å². The van der Waals surface area contributed by atoms with Crippen molar-refractivity contribution < 1.29 is 18.8 Å². The molecule has 5 nitrogen and oxygen atoms in total. The molecule has 0 spiro atoms. The highest BCUT2D eigenvalue weighted by Gasteiger charge is 2.34. The van der Waals surface area contributed by atoms with Gasteiger partial charge in [-0.15, -0.1) is 0 Å². The molecule has 2 heterocycles. The number of rotatable bonds is 6. The molecule has 1 fully saturated rings. The summed E-state index contributed by atoms with van der Waals surface area (Å²) in [7, 11) is 0. The molecule has 2 aliphatic rings. The quantitative estimate of drug-likeness (QED) is 0.746. The van der Waals surface area contributed by atoms with Crippen molar-refractivity contribution in [2.24, 2.45) is 11.1 Å². The van der Waals surface area contributed by atoms with Crippen LogP contribution in [-0.2, 0) is 16.1 Å². The normalized spacial score (nSPS) is 21.4. The number of likely N-dealkylation sites (tertiary alicyclic amines) is 1. The Kier molecular flexibility index (Phi) is 6.08. The molecule has 2 atom stereocenters. The maximum absolute atomic E-state index is 13.7. The fourth-order valence-electron chi connectivity index (χ4n) is 3.87. The van der Waals surface area contributed by atoms with Gasteiger partial charge in [0.1, 0.15) is 0 Å². The molecule has 2 aromatic carbocycles. The molecule has 4 rings (SSSR count). The highest BCUT2D eigenvalue weighted by Crippen LogP contribution is 2.23. The number of hydrogen-bond acceptors (Lipinski definition) is 4. The molecular weight excluding hydrogens is 371 g/mol. The van der Waals surface area contributed by atoms with Crippen LogP contribution in [0.4, 0.5) is 4.39 Å². The van der Waals surface area contributed by atoms with E-state index in [-0.39, 0.29) is 23.4 Å². The molecule has 2 aliphatic heterocycles. The molecule has 2 aromatic rings. The third-order valence-corrected chi connectivity index (χ3v) is 5.40. The van der Waals surface area contributed by atoms with E-state index in [9.17, 15) is 9.18 Å². The van der Waals surface area contributed by atoms with E-state index in [2.05, 4.69) is 5.16 Å². The van der Waals surface area contributed by atoms with Crippen molar-refractivity contribution in [2.45, 2.75) is 31.8 Å². The van der Waals surface area contributed by atoms with E-state index in [4.69, 9.17) is 9.57 Å². The molecule has 0 aromatic heterocycles. The molecule has 29 heavy (non-hydrogen) atoms. The van der Waals surface area contributed by atoms with Gasteiger partial charge in [0.2, 0.25) is 6.10 Å². The first-order valence-corrected chi connectivity index (χ1v) is 10.1. The second-order valence-electron chi connectivity index (χ2n) is 7.65. The predicted octanol–water partition coefficient (Wildman–Crippen LogP) is 3.83. The standard InChI is InChI=1S/C23H25FN2O3/c24-20-10-4-5-11-21(20)28-16-18-9-6-12-26(15-18)23(27)22-14-19(25-29-22)13-17-7-2-1-3-8-17/h1-5,7-8,10-11,18,22H,6,9,12-16H2. The van der Waals surface area contributed by atoms with Gasteiger partial charge >= 0.3 is 0 Å². The van der Waals surface area contributed by atoms with Crippen LogP contribution in [0.15, 0.2) is 59.8 Å². The van der Waals surface area contributed by atoms with Crippen molar-refractivity contribution >= 4 is 11.6 Å². The molecule has 0 saturated carbocycles. The number of halogens is 1. The van der Waals surface area contributed by atoms with Gasteiger partial charge in [0.25, 0.3) is 5.91 Å². The maximum Gasteiger partial charge on any atom is 0.266 e. The van der Waals surface area contributed by atoms with Crippen LogP contribution in [-0.4, -0.2) is 42.3 Å². The Morgan fingerprint density at radius 2 is 1.97 bits per heavy atom. The van der Waals surface area contributed by atoms with Gasteiger partial charge in [0, 0.05) is 31.8 Å². The largest absolute Gasteiger partial charge is 0.490 e. The zero-order chi connectivity index (χ0) is 20.1. The van der Waals surface area contributed by atoms with Crippen LogP contribution in [0.25, 0.3) is 0 Å². The number of para-hydroxylation sites is 1. The molecule has 6 heteroatoms. The molecular formula is C23H25FN2O3. The van der Waals surface area contributed by atoms with Gasteiger partial charge in [-0.05, 0) is 30.5 Å². The Morgan fingerprint density at radius 1 is 1.17 bits per heavy atom. The van der Waals surface area contributed by atoms with E-state index in [0.717, 1.165) is 24.1 Å². The van der Waals surface area contributed by atoms with Gasteiger partial charge in [0.15, 0.2) is 11.6 Å². The first kappa shape index (κ1) is 19.4. The monoisotopic (exact) mass is 396 g/mol. The fourth-order valence-corrected chi connectivity index (χ4v) is 3.87. The van der Waals surface area contributed by atoms with E-state index in [1.54, 1.807) is 18.2 Å². The van der Waals surface area contributed by atoms with E-state index >= 15 is 0 Å². The second-order valence-corrected chi connectivity index (χ2v) is 7.65. The third-order valence-electron chi connectivity index (χ3n) is 5.40. The van der Waals surface area contributed by atoms with Gasteiger partial charge in [-0.2, -0.15) is 0 Å². The number of benzene rings is 2. The van der Waals surface area contributed by atoms with Crippen LogP contribution in [0.2, 0.25) is 0 Å². The summed E-state index contributed by atoms with van der Waals surface area (Å²) in [5.74, 6) is 0.0542. The smallest absolute Gasteiger partial charge is 0.266 e. The van der Waals surface area contributed by atoms with Crippen LogP contribution >= 0.6 is 0 Å². The highest BCUT2D eigenvalue weighted by molar-refractivity contribution is 5.94. The van der Waals surface area contributed by atoms with E-state index in [1.807, 2.05) is 35.2 Å². The van der Waals surface area contributed by atoms with Gasteiger partial charge < -0.3 is 14.5 Å². The molecule has 0 bridgehead atoms. The minimum atomic E-state index is -0.542. The summed E-state index contributed by atoms with van der Waals surface area (Å²) in [6.07, 6.45) is 2.55. The first-order chi connectivity index (χ1) is 14.2. The lowest BCUT2D eigenvalue weighted by molar-refractivity contribution is -0.144. The number of ether oxygens (including phenoxy) is 1. The fraction of sp³-hybridized carbons (Fsp3) is 0.391. The molecule has 0 aliphatic carbocycles. The average Bonchev–Trinajstić information content (AvgIpc) is 3.22. The Morgan fingerprint density at radius 3 is 2.79 bits per heavy atom. The Balaban J connectivity index is 1.27. The van der Waals surface area contributed by atoms with Gasteiger partial charge in [0.05, 0.1) is 12.3 Å². The van der Waals surface area contributed by atoms with E-state index in [1.165, 1.54) is 6.07 Å². The topological polar surface area (TPSA) is 51.1 Å². The van der Waals surface area contributed by atoms with Crippen molar-refractivity contribution in [3.63, 3.8) is 0 Å². The van der Waals surface area contributed by atoms with Crippen LogP contribution in [0.3, 0.4) is 0 Å². The number of piperidine rings is 1. The van der Waals surface area contributed by atoms with E-state index < -0.39 is 6.10 Å². The van der Waals surface area contributed by atoms with E-state index in [0.29, 0.717) is 32.5 Å². The van der Waals surface area contributed by atoms with Crippen LogP contribution in [0.1, 0.15) is 24.8 Å². The lowest BCUT2D eigenvalue weighted by Gasteiger charge is -2.33. The highest BCUT2D eigenvalue weighted by atomic mass is 19.1. The summed E-state index contributed by atoms with van der Waals surface area (Å²) in [6.45, 7) is 1.70. The van der Waals surface area contributed by atoms with Crippen molar-refractivity contribution in [1.29, 1.82) is 0 Å². The Bertz CT molecular complexity index is 871. The first-order valence-electron chi connectivity index (χ1n) is 10.1.